The smallest absolute Gasteiger partial charge is 0.246 e. The summed E-state index contributed by atoms with van der Waals surface area (Å²) >= 11 is 3.43. The zero-order valence-corrected chi connectivity index (χ0v) is 17.5. The van der Waals surface area contributed by atoms with Gasteiger partial charge in [0.05, 0.1) is 10.6 Å². The molecule has 0 bridgehead atoms. The van der Waals surface area contributed by atoms with E-state index in [0.29, 0.717) is 60.6 Å². The van der Waals surface area contributed by atoms with Crippen LogP contribution in [0.5, 0.6) is 11.5 Å². The molecule has 2 aromatic carbocycles. The van der Waals surface area contributed by atoms with E-state index in [-0.39, 0.29) is 4.90 Å². The molecular formula is C20H20BrNO5S. The molecule has 8 heteroatoms. The maximum Gasteiger partial charge on any atom is 0.246 e. The summed E-state index contributed by atoms with van der Waals surface area (Å²) in [6.07, 6.45) is 2.00. The van der Waals surface area contributed by atoms with Gasteiger partial charge in [-0.2, -0.15) is 0 Å². The molecule has 1 aliphatic heterocycles. The molecule has 1 amide bonds. The predicted octanol–water partition coefficient (Wildman–Crippen LogP) is 3.95. The van der Waals surface area contributed by atoms with Crippen molar-refractivity contribution < 1.29 is 22.7 Å². The van der Waals surface area contributed by atoms with Gasteiger partial charge in [-0.15, -0.1) is 0 Å². The van der Waals surface area contributed by atoms with Gasteiger partial charge in [-0.3, -0.25) is 4.79 Å². The molecule has 2 aromatic rings. The molecular weight excluding hydrogens is 446 g/mol. The van der Waals surface area contributed by atoms with E-state index >= 15 is 0 Å². The summed E-state index contributed by atoms with van der Waals surface area (Å²) in [5.74, 6) is 0.603. The van der Waals surface area contributed by atoms with Gasteiger partial charge < -0.3 is 14.8 Å². The molecule has 2 aliphatic rings. The minimum absolute atomic E-state index is 0.174. The lowest BCUT2D eigenvalue weighted by molar-refractivity contribution is -0.118. The van der Waals surface area contributed by atoms with Crippen LogP contribution in [0.3, 0.4) is 0 Å². The highest BCUT2D eigenvalue weighted by molar-refractivity contribution is 9.10. The van der Waals surface area contributed by atoms with Gasteiger partial charge in [0.15, 0.2) is 26.1 Å². The maximum absolute atomic E-state index is 13.4. The number of hydrogen-bond donors (Lipinski definition) is 1. The van der Waals surface area contributed by atoms with Gasteiger partial charge in [0.2, 0.25) is 5.91 Å². The summed E-state index contributed by atoms with van der Waals surface area (Å²) in [7, 11) is -3.83. The van der Waals surface area contributed by atoms with Crippen molar-refractivity contribution >= 4 is 37.4 Å². The summed E-state index contributed by atoms with van der Waals surface area (Å²) in [6, 6.07) is 11.6. The summed E-state index contributed by atoms with van der Waals surface area (Å²) in [6.45, 7) is 0.887. The van der Waals surface area contributed by atoms with Crippen molar-refractivity contribution in [2.75, 3.05) is 18.5 Å². The third kappa shape index (κ3) is 3.18. The standard InChI is InChI=1S/C20H20BrNO5S/c21-15-12-17-18(27-11-10-26-17)13-16(15)22-19(23)20(8-4-5-9-20)28(24,25)14-6-2-1-3-7-14/h1-3,6-7,12-13H,4-5,8-11H2,(H,22,23). The molecule has 6 nitrogen and oxygen atoms in total. The number of sulfone groups is 1. The second kappa shape index (κ2) is 7.40. The summed E-state index contributed by atoms with van der Waals surface area (Å²) < 4.78 is 37.0. The molecule has 28 heavy (non-hydrogen) atoms. The first-order valence-electron chi connectivity index (χ1n) is 9.14. The Labute approximate surface area is 172 Å². The van der Waals surface area contributed by atoms with Crippen LogP contribution in [0.15, 0.2) is 51.8 Å². The van der Waals surface area contributed by atoms with Crippen molar-refractivity contribution in [3.63, 3.8) is 0 Å². The molecule has 1 fully saturated rings. The first kappa shape index (κ1) is 19.3. The molecule has 0 unspecified atom stereocenters. The van der Waals surface area contributed by atoms with Gasteiger partial charge in [0.25, 0.3) is 0 Å². The molecule has 4 rings (SSSR count). The quantitative estimate of drug-likeness (QED) is 0.738. The topological polar surface area (TPSA) is 81.7 Å². The third-order valence-electron chi connectivity index (χ3n) is 5.27. The Balaban J connectivity index is 1.69. The Morgan fingerprint density at radius 3 is 2.25 bits per heavy atom. The van der Waals surface area contributed by atoms with Crippen molar-refractivity contribution in [1.82, 2.24) is 0 Å². The van der Waals surface area contributed by atoms with Crippen molar-refractivity contribution in [2.24, 2.45) is 0 Å². The third-order valence-corrected chi connectivity index (χ3v) is 8.44. The normalized spacial score (nSPS) is 17.9. The second-order valence-electron chi connectivity index (χ2n) is 6.95. The van der Waals surface area contributed by atoms with Crippen molar-refractivity contribution in [3.05, 3.63) is 46.9 Å². The highest BCUT2D eigenvalue weighted by atomic mass is 79.9. The number of nitrogens with one attached hydrogen (secondary N) is 1. The van der Waals surface area contributed by atoms with Gasteiger partial charge in [0, 0.05) is 16.6 Å². The number of rotatable bonds is 4. The van der Waals surface area contributed by atoms with Crippen LogP contribution in [0.25, 0.3) is 0 Å². The SMILES string of the molecule is O=C(Nc1cc2c(cc1Br)OCCO2)C1(S(=O)(=O)c2ccccc2)CCCC1. The summed E-state index contributed by atoms with van der Waals surface area (Å²) in [5, 5.41) is 2.82. The molecule has 148 valence electrons. The highest BCUT2D eigenvalue weighted by Gasteiger charge is 2.53. The Hall–Kier alpha value is -2.06. The average Bonchev–Trinajstić information content (AvgIpc) is 3.21. The summed E-state index contributed by atoms with van der Waals surface area (Å²) in [4.78, 5) is 13.5. The molecule has 0 saturated heterocycles. The van der Waals surface area contributed by atoms with E-state index in [0.717, 1.165) is 0 Å². The van der Waals surface area contributed by atoms with E-state index in [1.54, 1.807) is 42.5 Å². The highest BCUT2D eigenvalue weighted by Crippen LogP contribution is 2.43. The minimum Gasteiger partial charge on any atom is -0.486 e. The number of fused-ring (bicyclic) bond motifs is 1. The molecule has 0 atom stereocenters. The molecule has 0 radical (unpaired) electrons. The monoisotopic (exact) mass is 465 g/mol. The second-order valence-corrected chi connectivity index (χ2v) is 10.1. The van der Waals surface area contributed by atoms with Crippen LogP contribution in [-0.2, 0) is 14.6 Å². The molecule has 1 heterocycles. The number of anilines is 1. The van der Waals surface area contributed by atoms with Crippen LogP contribution >= 0.6 is 15.9 Å². The molecule has 1 N–H and O–H groups in total. The fourth-order valence-electron chi connectivity index (χ4n) is 3.79. The Morgan fingerprint density at radius 2 is 1.61 bits per heavy atom. The van der Waals surface area contributed by atoms with E-state index in [1.807, 2.05) is 0 Å². The lowest BCUT2D eigenvalue weighted by atomic mass is 10.1. The number of carbonyl (C=O) groups is 1. The molecule has 1 aliphatic carbocycles. The van der Waals surface area contributed by atoms with Crippen LogP contribution in [-0.4, -0.2) is 32.3 Å². The summed E-state index contributed by atoms with van der Waals surface area (Å²) in [5.41, 5.74) is 0.462. The Kier molecular flexibility index (Phi) is 5.09. The van der Waals surface area contributed by atoms with Gasteiger partial charge in [-0.25, -0.2) is 8.42 Å². The van der Waals surface area contributed by atoms with Gasteiger partial charge >= 0.3 is 0 Å². The van der Waals surface area contributed by atoms with Gasteiger partial charge in [-0.05, 0) is 40.9 Å². The van der Waals surface area contributed by atoms with E-state index in [1.165, 1.54) is 0 Å². The number of amides is 1. The number of hydrogen-bond acceptors (Lipinski definition) is 5. The van der Waals surface area contributed by atoms with Crippen LogP contribution < -0.4 is 14.8 Å². The van der Waals surface area contributed by atoms with Crippen molar-refractivity contribution in [1.29, 1.82) is 0 Å². The number of ether oxygens (including phenoxy) is 2. The number of benzene rings is 2. The minimum atomic E-state index is -3.83. The van der Waals surface area contributed by atoms with E-state index in [2.05, 4.69) is 21.2 Å². The lowest BCUT2D eigenvalue weighted by Crippen LogP contribution is -2.47. The first-order valence-corrected chi connectivity index (χ1v) is 11.4. The van der Waals surface area contributed by atoms with Crippen LogP contribution in [0.2, 0.25) is 0 Å². The maximum atomic E-state index is 13.4. The van der Waals surface area contributed by atoms with Crippen LogP contribution in [0.1, 0.15) is 25.7 Å². The van der Waals surface area contributed by atoms with Gasteiger partial charge in [0.1, 0.15) is 13.2 Å². The van der Waals surface area contributed by atoms with Crippen molar-refractivity contribution in [2.45, 2.75) is 35.3 Å². The van der Waals surface area contributed by atoms with Crippen LogP contribution in [0, 0.1) is 0 Å². The first-order chi connectivity index (χ1) is 13.4. The lowest BCUT2D eigenvalue weighted by Gasteiger charge is -2.28. The molecule has 1 saturated carbocycles. The largest absolute Gasteiger partial charge is 0.486 e. The van der Waals surface area contributed by atoms with Gasteiger partial charge in [-0.1, -0.05) is 31.0 Å². The van der Waals surface area contributed by atoms with E-state index in [9.17, 15) is 13.2 Å². The van der Waals surface area contributed by atoms with E-state index in [4.69, 9.17) is 9.47 Å². The van der Waals surface area contributed by atoms with E-state index < -0.39 is 20.5 Å². The average molecular weight is 466 g/mol. The Bertz CT molecular complexity index is 1000. The predicted molar refractivity (Wildman–Crippen MR) is 109 cm³/mol. The fraction of sp³-hybridized carbons (Fsp3) is 0.350. The number of halogens is 1. The van der Waals surface area contributed by atoms with Crippen molar-refractivity contribution in [3.8, 4) is 11.5 Å². The zero-order chi connectivity index (χ0) is 19.8. The molecule has 0 aromatic heterocycles. The molecule has 0 spiro atoms. The Morgan fingerprint density at radius 1 is 1.00 bits per heavy atom. The fourth-order valence-corrected chi connectivity index (χ4v) is 6.29. The van der Waals surface area contributed by atoms with Crippen LogP contribution in [0.4, 0.5) is 5.69 Å². The number of carbonyl (C=O) groups excluding carboxylic acids is 1. The zero-order valence-electron chi connectivity index (χ0n) is 15.1.